The van der Waals surface area contributed by atoms with Gasteiger partial charge in [-0.05, 0) is 37.3 Å². The molecule has 5 heteroatoms. The van der Waals surface area contributed by atoms with Crippen molar-refractivity contribution in [2.24, 2.45) is 0 Å². The van der Waals surface area contributed by atoms with Crippen molar-refractivity contribution >= 4 is 11.9 Å². The molecular formula is C19H28N2O3. The summed E-state index contributed by atoms with van der Waals surface area (Å²) in [7, 11) is 0. The van der Waals surface area contributed by atoms with E-state index in [4.69, 9.17) is 4.74 Å². The summed E-state index contributed by atoms with van der Waals surface area (Å²) in [4.78, 5) is 26.2. The van der Waals surface area contributed by atoms with Crippen molar-refractivity contribution in [3.63, 3.8) is 0 Å². The molecule has 132 valence electrons. The second-order valence-corrected chi connectivity index (χ2v) is 7.76. The molecule has 1 N–H and O–H groups in total. The van der Waals surface area contributed by atoms with Crippen LogP contribution < -0.4 is 5.32 Å². The highest BCUT2D eigenvalue weighted by atomic mass is 16.5. The molecule has 0 aromatic heterocycles. The maximum atomic E-state index is 12.8. The van der Waals surface area contributed by atoms with Gasteiger partial charge in [-0.1, -0.05) is 45.0 Å². The first-order valence-electron chi connectivity index (χ1n) is 8.42. The molecule has 0 aliphatic carbocycles. The highest BCUT2D eigenvalue weighted by Crippen LogP contribution is 2.31. The average molecular weight is 332 g/mol. The maximum Gasteiger partial charge on any atom is 0.325 e. The van der Waals surface area contributed by atoms with Gasteiger partial charge in [0.05, 0.1) is 19.3 Å². The van der Waals surface area contributed by atoms with Gasteiger partial charge >= 0.3 is 6.03 Å². The van der Waals surface area contributed by atoms with Crippen LogP contribution in [0.2, 0.25) is 0 Å². The van der Waals surface area contributed by atoms with Gasteiger partial charge in [0.1, 0.15) is 5.54 Å². The zero-order chi connectivity index (χ0) is 18.1. The quantitative estimate of drug-likeness (QED) is 0.843. The van der Waals surface area contributed by atoms with Gasteiger partial charge in [-0.3, -0.25) is 9.69 Å². The fraction of sp³-hybridized carbons (Fsp3) is 0.579. The lowest BCUT2D eigenvalue weighted by Crippen LogP contribution is -2.41. The number of ether oxygens (including phenoxy) is 1. The highest BCUT2D eigenvalue weighted by Gasteiger charge is 2.48. The molecule has 3 amide bonds. The van der Waals surface area contributed by atoms with E-state index in [1.54, 1.807) is 6.92 Å². The molecule has 1 aliphatic heterocycles. The van der Waals surface area contributed by atoms with Gasteiger partial charge in [0.25, 0.3) is 5.91 Å². The number of carbonyl (C=O) groups excluding carboxylic acids is 2. The molecule has 1 heterocycles. The van der Waals surface area contributed by atoms with Crippen LogP contribution in [0.3, 0.4) is 0 Å². The fourth-order valence-electron chi connectivity index (χ4n) is 2.78. The van der Waals surface area contributed by atoms with E-state index in [-0.39, 0.29) is 30.0 Å². The monoisotopic (exact) mass is 332 g/mol. The van der Waals surface area contributed by atoms with Gasteiger partial charge in [-0.2, -0.15) is 0 Å². The molecule has 2 rings (SSSR count). The van der Waals surface area contributed by atoms with Crippen molar-refractivity contribution in [2.75, 3.05) is 13.2 Å². The van der Waals surface area contributed by atoms with Gasteiger partial charge in [-0.15, -0.1) is 0 Å². The molecule has 1 atom stereocenters. The fourth-order valence-corrected chi connectivity index (χ4v) is 2.78. The van der Waals surface area contributed by atoms with E-state index < -0.39 is 5.54 Å². The minimum absolute atomic E-state index is 0.0442. The highest BCUT2D eigenvalue weighted by molar-refractivity contribution is 6.07. The molecule has 5 nitrogen and oxygen atoms in total. The molecule has 0 bridgehead atoms. The second-order valence-electron chi connectivity index (χ2n) is 7.76. The second kappa shape index (κ2) is 6.55. The number of rotatable bonds is 5. The first-order chi connectivity index (χ1) is 11.1. The smallest absolute Gasteiger partial charge is 0.325 e. The zero-order valence-corrected chi connectivity index (χ0v) is 15.5. The number of nitrogens with one attached hydrogen (secondary N) is 1. The molecule has 1 fully saturated rings. The van der Waals surface area contributed by atoms with Gasteiger partial charge in [0.2, 0.25) is 0 Å². The number of benzene rings is 1. The summed E-state index contributed by atoms with van der Waals surface area (Å²) in [6.45, 7) is 12.6. The molecular weight excluding hydrogens is 304 g/mol. The standard InChI is InChI=1S/C19H28N2O3/c1-13(2)24-12-11-21-16(22)19(6,20-17(21)23)15-9-7-14(8-10-15)18(3,4)5/h7-10,13H,11-12H2,1-6H3,(H,20,23). The van der Waals surface area contributed by atoms with Crippen LogP contribution in [0.15, 0.2) is 24.3 Å². The third-order valence-electron chi connectivity index (χ3n) is 4.37. The summed E-state index contributed by atoms with van der Waals surface area (Å²) in [5, 5.41) is 2.82. The topological polar surface area (TPSA) is 58.6 Å². The lowest BCUT2D eigenvalue weighted by Gasteiger charge is -2.24. The number of hydrogen-bond acceptors (Lipinski definition) is 3. The molecule has 0 saturated carbocycles. The minimum Gasteiger partial charge on any atom is -0.377 e. The van der Waals surface area contributed by atoms with Crippen molar-refractivity contribution in [3.05, 3.63) is 35.4 Å². The first-order valence-corrected chi connectivity index (χ1v) is 8.42. The lowest BCUT2D eigenvalue weighted by molar-refractivity contribution is -0.131. The Morgan fingerprint density at radius 1 is 1.17 bits per heavy atom. The largest absolute Gasteiger partial charge is 0.377 e. The normalized spacial score (nSPS) is 21.5. The van der Waals surface area contributed by atoms with E-state index in [9.17, 15) is 9.59 Å². The van der Waals surface area contributed by atoms with Crippen molar-refractivity contribution in [2.45, 2.75) is 58.6 Å². The Morgan fingerprint density at radius 2 is 1.75 bits per heavy atom. The Labute approximate surface area is 144 Å². The van der Waals surface area contributed by atoms with Crippen LogP contribution in [-0.4, -0.2) is 36.1 Å². The van der Waals surface area contributed by atoms with E-state index in [0.29, 0.717) is 6.61 Å². The van der Waals surface area contributed by atoms with Crippen molar-refractivity contribution in [1.29, 1.82) is 0 Å². The van der Waals surface area contributed by atoms with Gasteiger partial charge in [0, 0.05) is 0 Å². The van der Waals surface area contributed by atoms with Crippen LogP contribution in [0.1, 0.15) is 52.7 Å². The molecule has 1 saturated heterocycles. The average Bonchev–Trinajstić information content (AvgIpc) is 2.70. The third kappa shape index (κ3) is 3.61. The summed E-state index contributed by atoms with van der Waals surface area (Å²) in [5.41, 5.74) is 1.00. The van der Waals surface area contributed by atoms with E-state index in [1.807, 2.05) is 38.1 Å². The van der Waals surface area contributed by atoms with Gasteiger partial charge in [-0.25, -0.2) is 4.79 Å². The Bertz CT molecular complexity index is 616. The summed E-state index contributed by atoms with van der Waals surface area (Å²) in [6.07, 6.45) is 0.0714. The van der Waals surface area contributed by atoms with Crippen LogP contribution in [0.5, 0.6) is 0 Å². The Morgan fingerprint density at radius 3 is 2.25 bits per heavy atom. The number of nitrogens with zero attached hydrogens (tertiary/aromatic N) is 1. The third-order valence-corrected chi connectivity index (χ3v) is 4.37. The van der Waals surface area contributed by atoms with Crippen LogP contribution in [0.25, 0.3) is 0 Å². The zero-order valence-electron chi connectivity index (χ0n) is 15.5. The maximum absolute atomic E-state index is 12.8. The summed E-state index contributed by atoms with van der Waals surface area (Å²) in [6, 6.07) is 7.52. The SMILES string of the molecule is CC(C)OCCN1C(=O)NC(C)(c2ccc(C(C)(C)C)cc2)C1=O. The molecule has 0 spiro atoms. The molecule has 1 aromatic carbocycles. The lowest BCUT2D eigenvalue weighted by atomic mass is 9.84. The Hall–Kier alpha value is -1.88. The summed E-state index contributed by atoms with van der Waals surface area (Å²) < 4.78 is 5.45. The predicted molar refractivity (Wildman–Crippen MR) is 93.8 cm³/mol. The van der Waals surface area contributed by atoms with Crippen LogP contribution >= 0.6 is 0 Å². The Balaban J connectivity index is 2.18. The van der Waals surface area contributed by atoms with E-state index in [2.05, 4.69) is 26.1 Å². The van der Waals surface area contributed by atoms with Crippen molar-refractivity contribution in [1.82, 2.24) is 10.2 Å². The number of urea groups is 1. The van der Waals surface area contributed by atoms with Crippen LogP contribution in [0, 0.1) is 0 Å². The van der Waals surface area contributed by atoms with Gasteiger partial charge in [0.15, 0.2) is 0 Å². The molecule has 0 radical (unpaired) electrons. The first kappa shape index (κ1) is 18.5. The summed E-state index contributed by atoms with van der Waals surface area (Å²) in [5.74, 6) is -0.233. The van der Waals surface area contributed by atoms with Crippen molar-refractivity contribution in [3.8, 4) is 0 Å². The van der Waals surface area contributed by atoms with Crippen LogP contribution in [0.4, 0.5) is 4.79 Å². The summed E-state index contributed by atoms with van der Waals surface area (Å²) >= 11 is 0. The van der Waals surface area contributed by atoms with E-state index in [0.717, 1.165) is 5.56 Å². The van der Waals surface area contributed by atoms with Crippen molar-refractivity contribution < 1.29 is 14.3 Å². The molecule has 1 aliphatic rings. The number of amides is 3. The van der Waals surface area contributed by atoms with E-state index in [1.165, 1.54) is 10.5 Å². The Kier molecular flexibility index (Phi) is 5.04. The molecule has 1 aromatic rings. The van der Waals surface area contributed by atoms with Crippen LogP contribution in [-0.2, 0) is 20.5 Å². The predicted octanol–water partition coefficient (Wildman–Crippen LogP) is 3.18. The number of carbonyl (C=O) groups is 2. The number of hydrogen-bond donors (Lipinski definition) is 1. The minimum atomic E-state index is -1.02. The number of imide groups is 1. The molecule has 1 unspecified atom stereocenters. The molecule has 24 heavy (non-hydrogen) atoms. The van der Waals surface area contributed by atoms with E-state index >= 15 is 0 Å². The van der Waals surface area contributed by atoms with Gasteiger partial charge < -0.3 is 10.1 Å².